The number of rotatable bonds is 9. The van der Waals surface area contributed by atoms with Gasteiger partial charge < -0.3 is 14.8 Å². The van der Waals surface area contributed by atoms with Crippen molar-refractivity contribution in [2.45, 2.75) is 30.8 Å². The number of carbonyl (C=O) groups excluding carboxylic acids is 1. The number of hydrogen-bond donors (Lipinski definition) is 1. The van der Waals surface area contributed by atoms with Gasteiger partial charge in [0.25, 0.3) is 0 Å². The predicted molar refractivity (Wildman–Crippen MR) is 114 cm³/mol. The van der Waals surface area contributed by atoms with E-state index in [2.05, 4.69) is 10.1 Å². The van der Waals surface area contributed by atoms with E-state index in [1.165, 1.54) is 29.6 Å². The van der Waals surface area contributed by atoms with Crippen LogP contribution in [-0.4, -0.2) is 52.0 Å². The Bertz CT molecular complexity index is 1060. The minimum absolute atomic E-state index is 0.0206. The van der Waals surface area contributed by atoms with E-state index in [0.717, 1.165) is 17.7 Å². The molecular formula is C22H25F3N2O5S. The number of ether oxygens (including phenoxy) is 2. The maximum absolute atomic E-state index is 13.1. The molecule has 2 aromatic carbocycles. The highest BCUT2D eigenvalue weighted by atomic mass is 32.2. The van der Waals surface area contributed by atoms with Crippen molar-refractivity contribution in [3.8, 4) is 11.5 Å². The highest BCUT2D eigenvalue weighted by Gasteiger charge is 2.32. The number of nitrogens with one attached hydrogen (secondary N) is 1. The fourth-order valence-corrected chi connectivity index (χ4v) is 5.12. The smallest absolute Gasteiger partial charge is 0.387 e. The Kier molecular flexibility index (Phi) is 8.20. The Balaban J connectivity index is 1.48. The van der Waals surface area contributed by atoms with E-state index in [-0.39, 0.29) is 41.3 Å². The molecule has 0 spiro atoms. The van der Waals surface area contributed by atoms with Crippen molar-refractivity contribution < 1.29 is 35.9 Å². The Morgan fingerprint density at radius 1 is 1.12 bits per heavy atom. The van der Waals surface area contributed by atoms with E-state index < -0.39 is 22.5 Å². The second kappa shape index (κ2) is 10.9. The molecule has 1 aliphatic rings. The van der Waals surface area contributed by atoms with Crippen LogP contribution in [0.2, 0.25) is 0 Å². The molecule has 0 atom stereocenters. The molecule has 1 fully saturated rings. The molecule has 1 heterocycles. The molecule has 1 amide bonds. The van der Waals surface area contributed by atoms with E-state index in [4.69, 9.17) is 4.74 Å². The number of carbonyl (C=O) groups is 1. The summed E-state index contributed by atoms with van der Waals surface area (Å²) in [6.45, 7) is -2.24. The third kappa shape index (κ3) is 6.38. The van der Waals surface area contributed by atoms with Crippen LogP contribution in [0.5, 0.6) is 11.5 Å². The van der Waals surface area contributed by atoms with Crippen molar-refractivity contribution >= 4 is 15.9 Å². The average molecular weight is 487 g/mol. The summed E-state index contributed by atoms with van der Waals surface area (Å²) in [7, 11) is -2.38. The Morgan fingerprint density at radius 3 is 2.39 bits per heavy atom. The molecule has 0 aliphatic carbocycles. The molecule has 0 saturated carbocycles. The van der Waals surface area contributed by atoms with Crippen LogP contribution in [0.15, 0.2) is 47.4 Å². The molecule has 3 rings (SSSR count). The second-order valence-corrected chi connectivity index (χ2v) is 9.47. The summed E-state index contributed by atoms with van der Waals surface area (Å²) in [5.41, 5.74) is 0.772. The van der Waals surface area contributed by atoms with Crippen LogP contribution in [0.4, 0.5) is 13.2 Å². The monoisotopic (exact) mass is 486 g/mol. The molecule has 33 heavy (non-hydrogen) atoms. The first-order chi connectivity index (χ1) is 15.7. The van der Waals surface area contributed by atoms with Gasteiger partial charge >= 0.3 is 6.61 Å². The van der Waals surface area contributed by atoms with Gasteiger partial charge in [-0.3, -0.25) is 4.79 Å². The zero-order valence-electron chi connectivity index (χ0n) is 18.0. The zero-order chi connectivity index (χ0) is 24.0. The predicted octanol–water partition coefficient (Wildman–Crippen LogP) is 3.20. The normalized spacial score (nSPS) is 15.4. The number of benzene rings is 2. The van der Waals surface area contributed by atoms with Gasteiger partial charge in [0, 0.05) is 25.6 Å². The summed E-state index contributed by atoms with van der Waals surface area (Å²) in [4.78, 5) is 12.5. The number of amides is 1. The van der Waals surface area contributed by atoms with Crippen LogP contribution in [0, 0.1) is 11.7 Å². The van der Waals surface area contributed by atoms with Crippen LogP contribution in [-0.2, 0) is 21.2 Å². The number of methoxy groups -OCH3 is 1. The summed E-state index contributed by atoms with van der Waals surface area (Å²) in [6, 6.07) is 9.23. The molecule has 180 valence electrons. The minimum Gasteiger partial charge on any atom is -0.493 e. The first-order valence-corrected chi connectivity index (χ1v) is 11.8. The van der Waals surface area contributed by atoms with Crippen molar-refractivity contribution in [3.63, 3.8) is 0 Å². The van der Waals surface area contributed by atoms with E-state index in [9.17, 15) is 26.4 Å². The van der Waals surface area contributed by atoms with Crippen molar-refractivity contribution in [1.82, 2.24) is 9.62 Å². The van der Waals surface area contributed by atoms with Crippen molar-refractivity contribution in [2.75, 3.05) is 26.7 Å². The van der Waals surface area contributed by atoms with Gasteiger partial charge in [0.2, 0.25) is 15.9 Å². The molecular weight excluding hydrogens is 461 g/mol. The average Bonchev–Trinajstić information content (AvgIpc) is 2.80. The van der Waals surface area contributed by atoms with Crippen molar-refractivity contribution in [1.29, 1.82) is 0 Å². The topological polar surface area (TPSA) is 84.9 Å². The van der Waals surface area contributed by atoms with Gasteiger partial charge in [-0.1, -0.05) is 6.07 Å². The van der Waals surface area contributed by atoms with Crippen molar-refractivity contribution in [2.24, 2.45) is 5.92 Å². The number of alkyl halides is 2. The minimum atomic E-state index is -3.73. The van der Waals surface area contributed by atoms with Gasteiger partial charge in [0.05, 0.1) is 12.0 Å². The first-order valence-electron chi connectivity index (χ1n) is 10.4. The summed E-state index contributed by atoms with van der Waals surface area (Å²) < 4.78 is 74.0. The number of sulfonamides is 1. The highest BCUT2D eigenvalue weighted by molar-refractivity contribution is 7.89. The van der Waals surface area contributed by atoms with Crippen LogP contribution in [0.3, 0.4) is 0 Å². The molecule has 2 aromatic rings. The lowest BCUT2D eigenvalue weighted by Gasteiger charge is -2.30. The number of hydrogen-bond acceptors (Lipinski definition) is 5. The van der Waals surface area contributed by atoms with Gasteiger partial charge in [0.15, 0.2) is 11.5 Å². The van der Waals surface area contributed by atoms with Gasteiger partial charge in [-0.05, 0) is 61.2 Å². The Morgan fingerprint density at radius 2 is 1.79 bits per heavy atom. The first kappa shape index (κ1) is 24.8. The SMILES string of the molecule is COc1cc(CCNC(=O)C2CCN(S(=O)(=O)c3ccc(F)cc3)CC2)ccc1OC(F)F. The lowest BCUT2D eigenvalue weighted by Crippen LogP contribution is -2.43. The molecule has 0 unspecified atom stereocenters. The van der Waals surface area contributed by atoms with Crippen molar-refractivity contribution in [3.05, 3.63) is 53.8 Å². The lowest BCUT2D eigenvalue weighted by molar-refractivity contribution is -0.126. The molecule has 1 N–H and O–H groups in total. The molecule has 11 heteroatoms. The molecule has 0 aromatic heterocycles. The third-order valence-corrected chi connectivity index (χ3v) is 7.35. The quantitative estimate of drug-likeness (QED) is 0.589. The number of nitrogens with zero attached hydrogens (tertiary/aromatic N) is 1. The summed E-state index contributed by atoms with van der Waals surface area (Å²) in [5.74, 6) is -0.892. The fourth-order valence-electron chi connectivity index (χ4n) is 3.65. The number of piperidine rings is 1. The van der Waals surface area contributed by atoms with E-state index in [1.54, 1.807) is 12.1 Å². The highest BCUT2D eigenvalue weighted by Crippen LogP contribution is 2.29. The summed E-state index contributed by atoms with van der Waals surface area (Å²) >= 11 is 0. The maximum Gasteiger partial charge on any atom is 0.387 e. The lowest BCUT2D eigenvalue weighted by atomic mass is 9.97. The molecule has 7 nitrogen and oxygen atoms in total. The molecule has 1 aliphatic heterocycles. The zero-order valence-corrected chi connectivity index (χ0v) is 18.8. The van der Waals surface area contributed by atoms with Crippen LogP contribution >= 0.6 is 0 Å². The van der Waals surface area contributed by atoms with Gasteiger partial charge in [-0.25, -0.2) is 12.8 Å². The van der Waals surface area contributed by atoms with E-state index in [1.807, 2.05) is 0 Å². The van der Waals surface area contributed by atoms with Crippen LogP contribution in [0.25, 0.3) is 0 Å². The van der Waals surface area contributed by atoms with Crippen LogP contribution < -0.4 is 14.8 Å². The largest absolute Gasteiger partial charge is 0.493 e. The molecule has 1 saturated heterocycles. The van der Waals surface area contributed by atoms with Gasteiger partial charge in [0.1, 0.15) is 5.82 Å². The standard InChI is InChI=1S/C22H25F3N2O5S/c1-31-20-14-15(2-7-19(20)32-22(24)25)8-11-26-21(28)16-9-12-27(13-10-16)33(29,30)18-5-3-17(23)4-6-18/h2-7,14,16,22H,8-13H2,1H3,(H,26,28). The Hall–Kier alpha value is -2.79. The summed E-state index contributed by atoms with van der Waals surface area (Å²) in [6.07, 6.45) is 1.20. The fraction of sp³-hybridized carbons (Fsp3) is 0.409. The Labute approximate surface area is 190 Å². The number of halogens is 3. The van der Waals surface area contributed by atoms with E-state index in [0.29, 0.717) is 25.8 Å². The third-order valence-electron chi connectivity index (χ3n) is 5.43. The molecule has 0 bridgehead atoms. The molecule has 0 radical (unpaired) electrons. The van der Waals surface area contributed by atoms with Gasteiger partial charge in [-0.2, -0.15) is 13.1 Å². The van der Waals surface area contributed by atoms with Gasteiger partial charge in [-0.15, -0.1) is 0 Å². The van der Waals surface area contributed by atoms with Crippen LogP contribution in [0.1, 0.15) is 18.4 Å². The summed E-state index contributed by atoms with van der Waals surface area (Å²) in [5, 5.41) is 2.84. The second-order valence-electron chi connectivity index (χ2n) is 7.54. The van der Waals surface area contributed by atoms with E-state index >= 15 is 0 Å². The maximum atomic E-state index is 13.1.